The molecule has 11 nitrogen and oxygen atoms in total. The first-order valence-corrected chi connectivity index (χ1v) is 10.7. The van der Waals surface area contributed by atoms with Gasteiger partial charge in [-0.05, 0) is 48.5 Å². The van der Waals surface area contributed by atoms with Crippen LogP contribution in [0, 0.1) is 0 Å². The topological polar surface area (TPSA) is 195 Å². The largest absolute Gasteiger partial charge is 0.490 e. The Morgan fingerprint density at radius 3 is 1.00 bits per heavy atom. The molecule has 260 valence electrons. The van der Waals surface area contributed by atoms with Gasteiger partial charge in [0.15, 0.2) is 5.65 Å². The normalized spacial score (nSPS) is 10.3. The number of carbonyl (C=O) groups is 3. The third-order valence-electron chi connectivity index (χ3n) is 4.13. The van der Waals surface area contributed by atoms with Crippen LogP contribution >= 0.6 is 0 Å². The maximum Gasteiger partial charge on any atom is 0.490 e. The number of rotatable bonds is 2. The van der Waals surface area contributed by atoms with Gasteiger partial charge in [0.1, 0.15) is 0 Å². The molecule has 0 unspecified atom stereocenters. The van der Waals surface area contributed by atoms with E-state index in [0.29, 0.717) is 5.65 Å². The molecule has 46 heavy (non-hydrogen) atoms. The van der Waals surface area contributed by atoms with Gasteiger partial charge in [0, 0.05) is 51.9 Å². The minimum Gasteiger partial charge on any atom is -0.475 e. The van der Waals surface area contributed by atoms with Crippen molar-refractivity contribution < 1.29 is 109 Å². The fourth-order valence-corrected chi connectivity index (χ4v) is 2.31. The molecular weight excluding hydrogens is 754 g/mol. The van der Waals surface area contributed by atoms with E-state index in [1.165, 1.54) is 0 Å². The minimum atomic E-state index is -5.08. The van der Waals surface area contributed by atoms with Crippen molar-refractivity contribution in [2.75, 3.05) is 0 Å². The second kappa shape index (κ2) is 19.9. The number of hydrogen-bond acceptors (Lipinski definition) is 7. The predicted molar refractivity (Wildman–Crippen MR) is 131 cm³/mol. The standard InChI is InChI=1S/C18H12N4.3C2HF3O2.2Cu.H2O/c1-3-11-19-14(5-1)16-9-7-13-8-10-17(22-18(13)21-16)15-6-2-4-12-20-15;3*3-2(4,5)1(6)7;;;/h1-12H;3*(H,6,7);;;1H2. The van der Waals surface area contributed by atoms with Crippen LogP contribution in [0.1, 0.15) is 0 Å². The Bertz CT molecular complexity index is 1400. The third kappa shape index (κ3) is 16.6. The second-order valence-electron chi connectivity index (χ2n) is 7.28. The van der Waals surface area contributed by atoms with Gasteiger partial charge in [0.2, 0.25) is 0 Å². The number of alkyl halides is 9. The Kier molecular flexibility index (Phi) is 19.9. The Labute approximate surface area is 271 Å². The molecule has 4 heterocycles. The Morgan fingerprint density at radius 1 is 0.500 bits per heavy atom. The second-order valence-corrected chi connectivity index (χ2v) is 7.28. The molecule has 0 spiro atoms. The first kappa shape index (κ1) is 46.1. The number of carboxylic acid groups (broad SMARTS) is 3. The van der Waals surface area contributed by atoms with Crippen molar-refractivity contribution in [3.8, 4) is 22.8 Å². The van der Waals surface area contributed by atoms with Crippen LogP contribution in [0.2, 0.25) is 0 Å². The Morgan fingerprint density at radius 2 is 0.783 bits per heavy atom. The quantitative estimate of drug-likeness (QED) is 0.188. The van der Waals surface area contributed by atoms with Crippen molar-refractivity contribution in [2.45, 2.75) is 18.5 Å². The maximum absolute atomic E-state index is 10.6. The van der Waals surface area contributed by atoms with Crippen LogP contribution in [0.25, 0.3) is 33.8 Å². The van der Waals surface area contributed by atoms with E-state index in [0.717, 1.165) is 28.2 Å². The monoisotopic (exact) mass is 770 g/mol. The van der Waals surface area contributed by atoms with Gasteiger partial charge in [0.25, 0.3) is 0 Å². The van der Waals surface area contributed by atoms with Crippen molar-refractivity contribution >= 4 is 28.9 Å². The summed E-state index contributed by atoms with van der Waals surface area (Å²) >= 11 is 0. The summed E-state index contributed by atoms with van der Waals surface area (Å²) in [5.41, 5.74) is 4.02. The zero-order valence-corrected chi connectivity index (χ0v) is 23.7. The van der Waals surface area contributed by atoms with Crippen molar-refractivity contribution in [3.63, 3.8) is 0 Å². The Balaban J connectivity index is -0.000000646. The summed E-state index contributed by atoms with van der Waals surface area (Å²) in [6.07, 6.45) is -11.7. The number of carboxylic acids is 3. The van der Waals surface area contributed by atoms with E-state index in [-0.39, 0.29) is 39.6 Å². The molecule has 22 heteroatoms. The van der Waals surface area contributed by atoms with Crippen LogP contribution in [0.5, 0.6) is 0 Å². The third-order valence-corrected chi connectivity index (χ3v) is 4.13. The zero-order chi connectivity index (χ0) is 33.0. The van der Waals surface area contributed by atoms with Crippen molar-refractivity contribution in [1.82, 2.24) is 19.9 Å². The number of halogens is 9. The van der Waals surface area contributed by atoms with E-state index >= 15 is 0 Å². The fraction of sp³-hybridized carbons (Fsp3) is 0.125. The molecular formula is C24H17Cu2F9N4O7. The van der Waals surface area contributed by atoms with Gasteiger partial charge >= 0.3 is 36.4 Å². The number of pyridine rings is 4. The molecule has 4 aromatic rings. The summed E-state index contributed by atoms with van der Waals surface area (Å²) in [6, 6.07) is 19.5. The molecule has 0 atom stereocenters. The summed E-state index contributed by atoms with van der Waals surface area (Å²) in [5, 5.41) is 22.4. The average molecular weight is 771 g/mol. The number of fused-ring (bicyclic) bond motifs is 1. The molecule has 0 saturated heterocycles. The molecule has 0 saturated carbocycles. The summed E-state index contributed by atoms with van der Waals surface area (Å²) < 4.78 is 95.2. The van der Waals surface area contributed by atoms with Crippen LogP contribution < -0.4 is 0 Å². The Hall–Kier alpha value is -4.36. The number of aliphatic carboxylic acids is 3. The van der Waals surface area contributed by atoms with Gasteiger partial charge in [-0.3, -0.25) is 9.97 Å². The molecule has 4 aromatic heterocycles. The summed E-state index contributed by atoms with van der Waals surface area (Å²) in [7, 11) is 0. The first-order valence-electron chi connectivity index (χ1n) is 10.7. The van der Waals surface area contributed by atoms with E-state index in [1.54, 1.807) is 12.4 Å². The predicted octanol–water partition coefficient (Wildman–Crippen LogP) is 4.82. The van der Waals surface area contributed by atoms with Crippen molar-refractivity contribution in [1.29, 1.82) is 0 Å². The molecule has 5 N–H and O–H groups in total. The van der Waals surface area contributed by atoms with E-state index in [4.69, 9.17) is 29.7 Å². The number of aromatic nitrogens is 4. The number of nitrogens with zero attached hydrogens (tertiary/aromatic N) is 4. The van der Waals surface area contributed by atoms with Crippen LogP contribution in [0.3, 0.4) is 0 Å². The van der Waals surface area contributed by atoms with E-state index in [9.17, 15) is 39.5 Å². The van der Waals surface area contributed by atoms with Gasteiger partial charge in [-0.2, -0.15) is 39.5 Å². The summed E-state index contributed by atoms with van der Waals surface area (Å²) in [5.74, 6) is -8.27. The molecule has 0 aliphatic rings. The molecule has 0 aliphatic heterocycles. The molecule has 0 fully saturated rings. The van der Waals surface area contributed by atoms with Gasteiger partial charge in [-0.1, -0.05) is 12.1 Å². The molecule has 0 amide bonds. The van der Waals surface area contributed by atoms with E-state index < -0.39 is 36.4 Å². The summed E-state index contributed by atoms with van der Waals surface area (Å²) in [4.78, 5) is 44.6. The maximum atomic E-state index is 10.6. The van der Waals surface area contributed by atoms with Gasteiger partial charge in [0.05, 0.1) is 22.8 Å². The molecule has 2 radical (unpaired) electrons. The fourth-order valence-electron chi connectivity index (χ4n) is 2.31. The van der Waals surface area contributed by atoms with Crippen molar-refractivity contribution in [2.24, 2.45) is 0 Å². The SMILES string of the molecule is O.O=C(O)C(F)(F)F.O=C(O)C(F)(F)F.O=C(O)C(F)(F)F.[Cu].[Cu].c1ccc(-c2ccc3ccc(-c4ccccn4)nc3n2)nc1. The van der Waals surface area contributed by atoms with E-state index in [1.807, 2.05) is 60.7 Å². The van der Waals surface area contributed by atoms with Gasteiger partial charge in [-0.15, -0.1) is 0 Å². The van der Waals surface area contributed by atoms with Crippen LogP contribution in [-0.2, 0) is 48.5 Å². The number of hydrogen-bond donors (Lipinski definition) is 3. The molecule has 0 aliphatic carbocycles. The first-order chi connectivity index (χ1) is 19.7. The van der Waals surface area contributed by atoms with Crippen LogP contribution in [-0.4, -0.2) is 77.2 Å². The van der Waals surface area contributed by atoms with Crippen LogP contribution in [0.4, 0.5) is 39.5 Å². The minimum absolute atomic E-state index is 0. The van der Waals surface area contributed by atoms with Gasteiger partial charge < -0.3 is 20.8 Å². The van der Waals surface area contributed by atoms with Crippen LogP contribution in [0.15, 0.2) is 73.1 Å². The van der Waals surface area contributed by atoms with Gasteiger partial charge in [-0.25, -0.2) is 24.4 Å². The smallest absolute Gasteiger partial charge is 0.475 e. The summed E-state index contributed by atoms with van der Waals surface area (Å²) in [6.45, 7) is 0. The van der Waals surface area contributed by atoms with E-state index in [2.05, 4.69) is 19.9 Å². The van der Waals surface area contributed by atoms with Crippen molar-refractivity contribution in [3.05, 3.63) is 73.1 Å². The molecule has 0 aromatic carbocycles. The average Bonchev–Trinajstić information content (AvgIpc) is 2.93. The molecule has 0 bridgehead atoms. The zero-order valence-electron chi connectivity index (χ0n) is 21.8. The molecule has 4 rings (SSSR count).